The van der Waals surface area contributed by atoms with Gasteiger partial charge in [0.15, 0.2) is 6.61 Å². The van der Waals surface area contributed by atoms with Gasteiger partial charge >= 0.3 is 6.18 Å². The molecule has 9 heteroatoms. The number of benzene rings is 2. The highest BCUT2D eigenvalue weighted by Gasteiger charge is 2.29. The Kier molecular flexibility index (Phi) is 6.84. The van der Waals surface area contributed by atoms with Crippen LogP contribution in [-0.4, -0.2) is 18.4 Å². The standard InChI is InChI=1S/C18H14ClF3N2O3/c19-14-3-1-2-4-15(14)27-11-17(26)24-23-16(25)10-7-12-5-8-13(9-6-12)18(20,21)22/h1-10H,11H2,(H,23,25)(H,24,26)/b10-7+. The van der Waals surface area contributed by atoms with Crippen LogP contribution in [0.4, 0.5) is 13.2 Å². The van der Waals surface area contributed by atoms with E-state index in [2.05, 4.69) is 10.9 Å². The van der Waals surface area contributed by atoms with Crippen molar-refractivity contribution in [2.24, 2.45) is 0 Å². The number of nitrogens with one attached hydrogen (secondary N) is 2. The fraction of sp³-hybridized carbons (Fsp3) is 0.111. The van der Waals surface area contributed by atoms with Gasteiger partial charge < -0.3 is 4.74 Å². The molecule has 5 nitrogen and oxygen atoms in total. The molecular formula is C18H14ClF3N2O3. The smallest absolute Gasteiger partial charge is 0.416 e. The molecule has 2 N–H and O–H groups in total. The number of hydrogen-bond donors (Lipinski definition) is 2. The van der Waals surface area contributed by atoms with Gasteiger partial charge in [0.05, 0.1) is 10.6 Å². The molecule has 0 aliphatic rings. The first-order chi connectivity index (χ1) is 12.8. The van der Waals surface area contributed by atoms with Crippen LogP contribution in [0.15, 0.2) is 54.6 Å². The number of rotatable bonds is 5. The topological polar surface area (TPSA) is 67.4 Å². The normalized spacial score (nSPS) is 11.3. The van der Waals surface area contributed by atoms with Crippen LogP contribution < -0.4 is 15.6 Å². The van der Waals surface area contributed by atoms with Crippen LogP contribution in [0.3, 0.4) is 0 Å². The summed E-state index contributed by atoms with van der Waals surface area (Å²) in [5.74, 6) is -0.963. The summed E-state index contributed by atoms with van der Waals surface area (Å²) in [6, 6.07) is 10.8. The summed E-state index contributed by atoms with van der Waals surface area (Å²) in [6.45, 7) is -0.368. The van der Waals surface area contributed by atoms with Crippen molar-refractivity contribution in [1.82, 2.24) is 10.9 Å². The maximum Gasteiger partial charge on any atom is 0.416 e. The number of hydrazine groups is 1. The summed E-state index contributed by atoms with van der Waals surface area (Å²) < 4.78 is 42.6. The van der Waals surface area contributed by atoms with Gasteiger partial charge in [0.1, 0.15) is 5.75 Å². The van der Waals surface area contributed by atoms with Crippen molar-refractivity contribution in [2.75, 3.05) is 6.61 Å². The highest BCUT2D eigenvalue weighted by Crippen LogP contribution is 2.29. The number of para-hydroxylation sites is 1. The number of halogens is 4. The summed E-state index contributed by atoms with van der Waals surface area (Å²) in [7, 11) is 0. The van der Waals surface area contributed by atoms with E-state index in [1.807, 2.05) is 0 Å². The van der Waals surface area contributed by atoms with Crippen molar-refractivity contribution >= 4 is 29.5 Å². The Balaban J connectivity index is 1.77. The van der Waals surface area contributed by atoms with E-state index in [1.54, 1.807) is 24.3 Å². The average Bonchev–Trinajstić information content (AvgIpc) is 2.63. The molecular weight excluding hydrogens is 385 g/mol. The monoisotopic (exact) mass is 398 g/mol. The van der Waals surface area contributed by atoms with Gasteiger partial charge in [-0.25, -0.2) is 0 Å². The lowest BCUT2D eigenvalue weighted by Gasteiger charge is -2.08. The molecule has 0 heterocycles. The van der Waals surface area contributed by atoms with Crippen molar-refractivity contribution < 1.29 is 27.5 Å². The van der Waals surface area contributed by atoms with Crippen LogP contribution in [0.1, 0.15) is 11.1 Å². The van der Waals surface area contributed by atoms with Gasteiger partial charge in [-0.1, -0.05) is 35.9 Å². The molecule has 2 aromatic rings. The minimum absolute atomic E-state index is 0.322. The Bertz CT molecular complexity index is 836. The summed E-state index contributed by atoms with van der Waals surface area (Å²) in [4.78, 5) is 23.2. The van der Waals surface area contributed by atoms with Gasteiger partial charge in [-0.05, 0) is 35.9 Å². The fourth-order valence-corrected chi connectivity index (χ4v) is 2.06. The Morgan fingerprint density at radius 2 is 1.70 bits per heavy atom. The van der Waals surface area contributed by atoms with Gasteiger partial charge in [0.25, 0.3) is 11.8 Å². The lowest BCUT2D eigenvalue weighted by atomic mass is 10.1. The predicted molar refractivity (Wildman–Crippen MR) is 93.7 cm³/mol. The van der Waals surface area contributed by atoms with Crippen LogP contribution in [0, 0.1) is 0 Å². The number of amides is 2. The van der Waals surface area contributed by atoms with Crippen LogP contribution in [0.25, 0.3) is 6.08 Å². The van der Waals surface area contributed by atoms with E-state index >= 15 is 0 Å². The molecule has 142 valence electrons. The molecule has 2 aromatic carbocycles. The number of carbonyl (C=O) groups excluding carboxylic acids is 2. The third-order valence-corrected chi connectivity index (χ3v) is 3.50. The van der Waals surface area contributed by atoms with Gasteiger partial charge in [0, 0.05) is 6.08 Å². The summed E-state index contributed by atoms with van der Waals surface area (Å²) in [5.41, 5.74) is 3.86. The summed E-state index contributed by atoms with van der Waals surface area (Å²) in [5, 5.41) is 0.341. The zero-order chi connectivity index (χ0) is 19.9. The first-order valence-corrected chi connectivity index (χ1v) is 7.95. The molecule has 0 spiro atoms. The minimum Gasteiger partial charge on any atom is -0.482 e. The molecule has 0 aliphatic heterocycles. The van der Waals surface area contributed by atoms with Crippen LogP contribution >= 0.6 is 11.6 Å². The molecule has 0 aromatic heterocycles. The Morgan fingerprint density at radius 3 is 2.33 bits per heavy atom. The Hall–Kier alpha value is -3.00. The minimum atomic E-state index is -4.42. The van der Waals surface area contributed by atoms with E-state index in [0.717, 1.165) is 18.2 Å². The van der Waals surface area contributed by atoms with Gasteiger partial charge in [-0.3, -0.25) is 20.4 Å². The van der Waals surface area contributed by atoms with Crippen molar-refractivity contribution in [3.8, 4) is 5.75 Å². The van der Waals surface area contributed by atoms with Crippen molar-refractivity contribution in [3.05, 3.63) is 70.8 Å². The quantitative estimate of drug-likeness (QED) is 0.597. The van der Waals surface area contributed by atoms with Crippen molar-refractivity contribution in [1.29, 1.82) is 0 Å². The molecule has 0 radical (unpaired) electrons. The SMILES string of the molecule is O=C(/C=C/c1ccc(C(F)(F)F)cc1)NNC(=O)COc1ccccc1Cl. The highest BCUT2D eigenvalue weighted by atomic mass is 35.5. The molecule has 2 rings (SSSR count). The zero-order valence-electron chi connectivity index (χ0n) is 13.7. The van der Waals surface area contributed by atoms with Crippen LogP contribution in [-0.2, 0) is 15.8 Å². The van der Waals surface area contributed by atoms with Crippen molar-refractivity contribution in [2.45, 2.75) is 6.18 Å². The third kappa shape index (κ3) is 6.67. The second-order valence-electron chi connectivity index (χ2n) is 5.21. The van der Waals surface area contributed by atoms with E-state index in [0.29, 0.717) is 16.3 Å². The fourth-order valence-electron chi connectivity index (χ4n) is 1.87. The molecule has 0 atom stereocenters. The van der Waals surface area contributed by atoms with Crippen LogP contribution in [0.2, 0.25) is 5.02 Å². The lowest BCUT2D eigenvalue weighted by Crippen LogP contribution is -2.43. The number of alkyl halides is 3. The molecule has 0 saturated carbocycles. The van der Waals surface area contributed by atoms with E-state index in [1.165, 1.54) is 18.2 Å². The van der Waals surface area contributed by atoms with E-state index in [4.69, 9.17) is 16.3 Å². The zero-order valence-corrected chi connectivity index (χ0v) is 14.5. The number of ether oxygens (including phenoxy) is 1. The van der Waals surface area contributed by atoms with E-state index in [9.17, 15) is 22.8 Å². The first-order valence-electron chi connectivity index (χ1n) is 7.57. The number of hydrogen-bond acceptors (Lipinski definition) is 3. The Morgan fingerprint density at radius 1 is 1.04 bits per heavy atom. The van der Waals surface area contributed by atoms with E-state index < -0.39 is 23.6 Å². The molecule has 0 saturated heterocycles. The maximum absolute atomic E-state index is 12.5. The predicted octanol–water partition coefficient (Wildman–Crippen LogP) is 3.60. The van der Waals surface area contributed by atoms with Gasteiger partial charge in [-0.2, -0.15) is 13.2 Å². The highest BCUT2D eigenvalue weighted by molar-refractivity contribution is 6.32. The summed E-state index contributed by atoms with van der Waals surface area (Å²) >= 11 is 5.87. The molecule has 0 unspecified atom stereocenters. The first kappa shape index (κ1) is 20.3. The van der Waals surface area contributed by atoms with Crippen molar-refractivity contribution in [3.63, 3.8) is 0 Å². The molecule has 0 aliphatic carbocycles. The van der Waals surface area contributed by atoms with Gasteiger partial charge in [0.2, 0.25) is 0 Å². The largest absolute Gasteiger partial charge is 0.482 e. The Labute approximate surface area is 157 Å². The maximum atomic E-state index is 12.5. The average molecular weight is 399 g/mol. The molecule has 0 bridgehead atoms. The van der Waals surface area contributed by atoms with Crippen LogP contribution in [0.5, 0.6) is 5.75 Å². The van der Waals surface area contributed by atoms with E-state index in [-0.39, 0.29) is 6.61 Å². The third-order valence-electron chi connectivity index (χ3n) is 3.19. The number of carbonyl (C=O) groups is 2. The lowest BCUT2D eigenvalue weighted by molar-refractivity contribution is -0.137. The second-order valence-corrected chi connectivity index (χ2v) is 5.62. The molecule has 0 fully saturated rings. The summed E-state index contributed by atoms with van der Waals surface area (Å²) in [6.07, 6.45) is -2.05. The van der Waals surface area contributed by atoms with Gasteiger partial charge in [-0.15, -0.1) is 0 Å². The second kappa shape index (κ2) is 9.09. The molecule has 27 heavy (non-hydrogen) atoms. The molecule has 2 amide bonds.